The van der Waals surface area contributed by atoms with Crippen molar-refractivity contribution >= 4 is 23.2 Å². The number of β-amino-alcohol motifs (C(OH)–C–C–N with tert-alkyl or cyclic N) is 1. The molecule has 0 aromatic heterocycles. The van der Waals surface area contributed by atoms with Gasteiger partial charge in [-0.1, -0.05) is 36.4 Å². The molecule has 2 saturated heterocycles. The molecule has 2 heterocycles. The molecule has 0 radical (unpaired) electrons. The molecule has 2 aliphatic rings. The second-order valence-electron chi connectivity index (χ2n) is 11.4. The van der Waals surface area contributed by atoms with Gasteiger partial charge >= 0.3 is 0 Å². The van der Waals surface area contributed by atoms with Crippen molar-refractivity contribution in [2.24, 2.45) is 0 Å². The summed E-state index contributed by atoms with van der Waals surface area (Å²) < 4.78 is 0. The Bertz CT molecular complexity index is 1030. The fourth-order valence-corrected chi connectivity index (χ4v) is 5.70. The van der Waals surface area contributed by atoms with E-state index in [-0.39, 0.29) is 11.8 Å². The number of piperazine rings is 2. The zero-order valence-electron chi connectivity index (χ0n) is 24.6. The highest BCUT2D eigenvalue weighted by atomic mass is 16.3. The van der Waals surface area contributed by atoms with Crippen molar-refractivity contribution in [3.05, 3.63) is 58.7 Å². The summed E-state index contributed by atoms with van der Waals surface area (Å²) in [5, 5.41) is 16.9. The average molecular weight is 551 g/mol. The number of nitrogens with zero attached hydrogens (tertiary/aromatic N) is 4. The molecule has 9 nitrogen and oxygen atoms in total. The lowest BCUT2D eigenvalue weighted by molar-refractivity contribution is -0.118. The number of amides is 2. The number of nitrogens with one attached hydrogen (secondary N) is 2. The second-order valence-corrected chi connectivity index (χ2v) is 11.4. The van der Waals surface area contributed by atoms with Crippen LogP contribution in [0.25, 0.3) is 0 Å². The third-order valence-electron chi connectivity index (χ3n) is 8.09. The number of aliphatic hydroxyl groups excluding tert-OH is 1. The summed E-state index contributed by atoms with van der Waals surface area (Å²) in [6.07, 6.45) is -0.419. The van der Waals surface area contributed by atoms with E-state index in [0.717, 1.165) is 86.0 Å². The van der Waals surface area contributed by atoms with Crippen molar-refractivity contribution in [3.8, 4) is 0 Å². The number of hydrogen-bond donors (Lipinski definition) is 3. The molecular formula is C31H46N6O3. The third kappa shape index (κ3) is 8.59. The molecule has 0 aliphatic carbocycles. The van der Waals surface area contributed by atoms with Crippen molar-refractivity contribution in [1.29, 1.82) is 0 Å². The van der Waals surface area contributed by atoms with Gasteiger partial charge in [-0.2, -0.15) is 0 Å². The normalized spacial score (nSPS) is 17.8. The van der Waals surface area contributed by atoms with E-state index in [1.807, 2.05) is 64.1 Å². The van der Waals surface area contributed by atoms with E-state index in [2.05, 4.69) is 30.2 Å². The van der Waals surface area contributed by atoms with Crippen LogP contribution >= 0.6 is 0 Å². The van der Waals surface area contributed by atoms with E-state index in [9.17, 15) is 14.7 Å². The van der Waals surface area contributed by atoms with Gasteiger partial charge < -0.3 is 15.7 Å². The molecule has 2 fully saturated rings. The molecule has 2 amide bonds. The summed E-state index contributed by atoms with van der Waals surface area (Å²) in [4.78, 5) is 34.2. The molecule has 0 unspecified atom stereocenters. The van der Waals surface area contributed by atoms with Crippen molar-refractivity contribution in [2.75, 3.05) is 89.2 Å². The van der Waals surface area contributed by atoms with E-state index in [1.165, 1.54) is 0 Å². The van der Waals surface area contributed by atoms with E-state index in [1.54, 1.807) is 0 Å². The quantitative estimate of drug-likeness (QED) is 0.417. The highest BCUT2D eigenvalue weighted by Gasteiger charge is 2.24. The minimum atomic E-state index is -0.419. The van der Waals surface area contributed by atoms with E-state index < -0.39 is 6.10 Å². The lowest BCUT2D eigenvalue weighted by Crippen LogP contribution is -2.53. The maximum atomic E-state index is 12.6. The number of aliphatic hydroxyl groups is 1. The molecule has 218 valence electrons. The summed E-state index contributed by atoms with van der Waals surface area (Å²) in [6.45, 7) is 16.7. The topological polar surface area (TPSA) is 91.4 Å². The minimum Gasteiger partial charge on any atom is -0.390 e. The molecule has 3 N–H and O–H groups in total. The van der Waals surface area contributed by atoms with Crippen LogP contribution in [-0.2, 0) is 9.59 Å². The highest BCUT2D eigenvalue weighted by molar-refractivity contribution is 5.94. The number of carbonyl (C=O) groups excluding carboxylic acids is 2. The lowest BCUT2D eigenvalue weighted by atomic mass is 10.1. The molecule has 0 saturated carbocycles. The summed E-state index contributed by atoms with van der Waals surface area (Å²) in [6, 6.07) is 12.1. The van der Waals surface area contributed by atoms with Crippen molar-refractivity contribution < 1.29 is 14.7 Å². The first-order valence-corrected chi connectivity index (χ1v) is 14.5. The smallest absolute Gasteiger partial charge is 0.238 e. The molecule has 0 spiro atoms. The summed E-state index contributed by atoms with van der Waals surface area (Å²) in [7, 11) is 0. The predicted octanol–water partition coefficient (Wildman–Crippen LogP) is 2.09. The third-order valence-corrected chi connectivity index (χ3v) is 8.09. The number of para-hydroxylation sites is 2. The number of rotatable bonds is 10. The summed E-state index contributed by atoms with van der Waals surface area (Å²) >= 11 is 0. The number of carbonyl (C=O) groups is 2. The van der Waals surface area contributed by atoms with Crippen LogP contribution in [-0.4, -0.2) is 121 Å². The van der Waals surface area contributed by atoms with Crippen molar-refractivity contribution in [3.63, 3.8) is 0 Å². The van der Waals surface area contributed by atoms with Gasteiger partial charge in [0.25, 0.3) is 0 Å². The number of benzene rings is 2. The van der Waals surface area contributed by atoms with Crippen molar-refractivity contribution in [1.82, 2.24) is 19.6 Å². The molecule has 40 heavy (non-hydrogen) atoms. The SMILES string of the molecule is Cc1cccc(C)c1NC(=O)CN1CCN(CC(O)CN2CCN(CC(=O)Nc3c(C)cccc3C)CC2)CC1. The molecule has 0 bridgehead atoms. The Labute approximate surface area is 239 Å². The van der Waals surface area contributed by atoms with Crippen LogP contribution in [0.2, 0.25) is 0 Å². The minimum absolute atomic E-state index is 0.0211. The van der Waals surface area contributed by atoms with Gasteiger partial charge in [-0.05, 0) is 49.9 Å². The number of aryl methyl sites for hydroxylation is 4. The van der Waals surface area contributed by atoms with E-state index in [0.29, 0.717) is 26.2 Å². The molecule has 9 heteroatoms. The molecular weight excluding hydrogens is 504 g/mol. The Hall–Kier alpha value is -2.82. The zero-order chi connectivity index (χ0) is 28.6. The number of anilines is 2. The van der Waals surface area contributed by atoms with Crippen LogP contribution in [0.3, 0.4) is 0 Å². The van der Waals surface area contributed by atoms with Crippen LogP contribution in [0.4, 0.5) is 11.4 Å². The molecule has 2 aliphatic heterocycles. The first-order chi connectivity index (χ1) is 19.2. The Morgan fingerprint density at radius 3 is 1.25 bits per heavy atom. The standard InChI is InChI=1S/C31H46N6O3/c1-23-7-5-8-24(2)30(23)32-28(39)21-36-15-11-34(12-16-36)19-27(38)20-35-13-17-37(18-14-35)22-29(40)33-31-25(3)9-6-10-26(31)4/h5-10,27,38H,11-22H2,1-4H3,(H,32,39)(H,33,40). The van der Waals surface area contributed by atoms with Crippen LogP contribution in [0.5, 0.6) is 0 Å². The van der Waals surface area contributed by atoms with Gasteiger partial charge in [0.2, 0.25) is 11.8 Å². The largest absolute Gasteiger partial charge is 0.390 e. The fourth-order valence-electron chi connectivity index (χ4n) is 5.70. The Morgan fingerprint density at radius 2 is 0.925 bits per heavy atom. The molecule has 0 atom stereocenters. The summed E-state index contributed by atoms with van der Waals surface area (Å²) in [5.41, 5.74) is 6.13. The van der Waals surface area contributed by atoms with E-state index in [4.69, 9.17) is 0 Å². The fraction of sp³-hybridized carbons (Fsp3) is 0.548. The van der Waals surface area contributed by atoms with Crippen molar-refractivity contribution in [2.45, 2.75) is 33.8 Å². The van der Waals surface area contributed by atoms with Gasteiger partial charge in [-0.25, -0.2) is 0 Å². The average Bonchev–Trinajstić information content (AvgIpc) is 2.91. The van der Waals surface area contributed by atoms with E-state index >= 15 is 0 Å². The molecule has 2 aromatic carbocycles. The Balaban J connectivity index is 1.11. The zero-order valence-corrected chi connectivity index (χ0v) is 24.6. The maximum absolute atomic E-state index is 12.6. The first kappa shape index (κ1) is 30.1. The van der Waals surface area contributed by atoms with Crippen LogP contribution in [0.1, 0.15) is 22.3 Å². The van der Waals surface area contributed by atoms with Gasteiger partial charge in [-0.3, -0.25) is 29.2 Å². The Morgan fingerprint density at radius 1 is 0.625 bits per heavy atom. The van der Waals surface area contributed by atoms with Gasteiger partial charge in [0, 0.05) is 76.8 Å². The van der Waals surface area contributed by atoms with Crippen LogP contribution in [0.15, 0.2) is 36.4 Å². The van der Waals surface area contributed by atoms with Gasteiger partial charge in [0.05, 0.1) is 19.2 Å². The molecule has 4 rings (SSSR count). The van der Waals surface area contributed by atoms with Gasteiger partial charge in [0.1, 0.15) is 0 Å². The predicted molar refractivity (Wildman–Crippen MR) is 161 cm³/mol. The van der Waals surface area contributed by atoms with Gasteiger partial charge in [-0.15, -0.1) is 0 Å². The number of hydrogen-bond acceptors (Lipinski definition) is 7. The van der Waals surface area contributed by atoms with Gasteiger partial charge in [0.15, 0.2) is 0 Å². The molecule has 2 aromatic rings. The summed E-state index contributed by atoms with van der Waals surface area (Å²) in [5.74, 6) is 0.0422. The maximum Gasteiger partial charge on any atom is 0.238 e. The second kappa shape index (κ2) is 14.2. The highest BCUT2D eigenvalue weighted by Crippen LogP contribution is 2.20. The lowest BCUT2D eigenvalue weighted by Gasteiger charge is -2.38. The van der Waals surface area contributed by atoms with Crippen LogP contribution in [0, 0.1) is 27.7 Å². The monoisotopic (exact) mass is 550 g/mol. The first-order valence-electron chi connectivity index (χ1n) is 14.5. The Kier molecular flexibility index (Phi) is 10.7. The van der Waals surface area contributed by atoms with Crippen LogP contribution < -0.4 is 10.6 Å².